The van der Waals surface area contributed by atoms with Crippen molar-refractivity contribution in [2.45, 2.75) is 5.60 Å². The van der Waals surface area contributed by atoms with Gasteiger partial charge in [0.1, 0.15) is 0 Å². The van der Waals surface area contributed by atoms with E-state index in [0.717, 1.165) is 6.21 Å². The van der Waals surface area contributed by atoms with E-state index in [2.05, 4.69) is 5.16 Å². The summed E-state index contributed by atoms with van der Waals surface area (Å²) in [6.07, 6.45) is 4.19. The van der Waals surface area contributed by atoms with E-state index in [1.165, 1.54) is 6.08 Å². The number of carboxylic acids is 1. The summed E-state index contributed by atoms with van der Waals surface area (Å²) in [5, 5.41) is 30.9. The average Bonchev–Trinajstić information content (AvgIpc) is 2.33. The summed E-state index contributed by atoms with van der Waals surface area (Å²) in [4.78, 5) is 11.3. The Morgan fingerprint density at radius 3 is 2.76 bits per heavy atom. The van der Waals surface area contributed by atoms with E-state index in [9.17, 15) is 15.0 Å². The van der Waals surface area contributed by atoms with E-state index in [4.69, 9.17) is 5.21 Å². The van der Waals surface area contributed by atoms with Crippen molar-refractivity contribution in [3.63, 3.8) is 0 Å². The smallest absolute Gasteiger partial charge is 0.341 e. The Labute approximate surface area is 97.3 Å². The molecule has 0 saturated carbocycles. The quantitative estimate of drug-likeness (QED) is 0.404. The maximum absolute atomic E-state index is 11.3. The Bertz CT molecular complexity index is 509. The average molecular weight is 233 g/mol. The lowest BCUT2D eigenvalue weighted by Crippen LogP contribution is -2.44. The number of carboxylic acid groups (broad SMARTS) is 1. The van der Waals surface area contributed by atoms with Gasteiger partial charge in [0.2, 0.25) is 0 Å². The molecule has 0 spiro atoms. The molecule has 3 N–H and O–H groups in total. The zero-order chi connectivity index (χ0) is 12.5. The summed E-state index contributed by atoms with van der Waals surface area (Å²) in [5.41, 5.74) is -1.17. The predicted octanol–water partition coefficient (Wildman–Crippen LogP) is 1.06. The fourth-order valence-electron chi connectivity index (χ4n) is 2.00. The van der Waals surface area contributed by atoms with Gasteiger partial charge in [-0.3, -0.25) is 0 Å². The highest BCUT2D eigenvalue weighted by atomic mass is 16.4. The Kier molecular flexibility index (Phi) is 2.69. The lowest BCUT2D eigenvalue weighted by Gasteiger charge is -2.32. The summed E-state index contributed by atoms with van der Waals surface area (Å²) < 4.78 is 0. The van der Waals surface area contributed by atoms with Crippen LogP contribution in [0.2, 0.25) is 0 Å². The SMILES string of the molecule is O=C(O)C1(O)c2ccccc2C=CC1C=NO. The van der Waals surface area contributed by atoms with Crippen LogP contribution in [0, 0.1) is 5.92 Å². The molecule has 88 valence electrons. The van der Waals surface area contributed by atoms with E-state index < -0.39 is 17.5 Å². The van der Waals surface area contributed by atoms with Crippen molar-refractivity contribution in [2.75, 3.05) is 0 Å². The van der Waals surface area contributed by atoms with Crippen molar-refractivity contribution in [3.05, 3.63) is 41.5 Å². The number of benzene rings is 1. The van der Waals surface area contributed by atoms with Crippen LogP contribution in [0.1, 0.15) is 11.1 Å². The highest BCUT2D eigenvalue weighted by molar-refractivity contribution is 5.89. The van der Waals surface area contributed by atoms with E-state index in [-0.39, 0.29) is 0 Å². The lowest BCUT2D eigenvalue weighted by atomic mass is 9.76. The van der Waals surface area contributed by atoms with E-state index in [1.807, 2.05) is 0 Å². The molecule has 0 radical (unpaired) electrons. The minimum absolute atomic E-state index is 0.292. The number of fused-ring (bicyclic) bond motifs is 1. The van der Waals surface area contributed by atoms with Crippen LogP contribution in [0.3, 0.4) is 0 Å². The molecule has 1 aromatic rings. The van der Waals surface area contributed by atoms with Crippen molar-refractivity contribution in [1.29, 1.82) is 0 Å². The van der Waals surface area contributed by atoms with Gasteiger partial charge in [-0.05, 0) is 5.56 Å². The van der Waals surface area contributed by atoms with Crippen LogP contribution in [0.15, 0.2) is 35.5 Å². The molecule has 5 nitrogen and oxygen atoms in total. The van der Waals surface area contributed by atoms with Crippen LogP contribution in [0.25, 0.3) is 6.08 Å². The predicted molar refractivity (Wildman–Crippen MR) is 60.8 cm³/mol. The molecule has 0 aliphatic heterocycles. The first-order valence-corrected chi connectivity index (χ1v) is 5.01. The third-order valence-corrected chi connectivity index (χ3v) is 2.89. The topological polar surface area (TPSA) is 90.1 Å². The van der Waals surface area contributed by atoms with Crippen LogP contribution in [0.4, 0.5) is 0 Å². The van der Waals surface area contributed by atoms with Gasteiger partial charge in [-0.2, -0.15) is 0 Å². The first kappa shape index (κ1) is 11.3. The Morgan fingerprint density at radius 1 is 1.41 bits per heavy atom. The molecular formula is C12H11NO4. The largest absolute Gasteiger partial charge is 0.479 e. The second-order valence-corrected chi connectivity index (χ2v) is 3.81. The molecule has 0 aromatic heterocycles. The number of aliphatic carboxylic acids is 1. The molecule has 2 unspecified atom stereocenters. The Morgan fingerprint density at radius 2 is 2.12 bits per heavy atom. The van der Waals surface area contributed by atoms with E-state index >= 15 is 0 Å². The molecule has 0 heterocycles. The van der Waals surface area contributed by atoms with Gasteiger partial charge in [0.15, 0.2) is 5.60 Å². The zero-order valence-corrected chi connectivity index (χ0v) is 8.82. The molecule has 0 bridgehead atoms. The second kappa shape index (κ2) is 4.03. The van der Waals surface area contributed by atoms with E-state index in [1.54, 1.807) is 30.3 Å². The minimum atomic E-state index is -2.10. The number of hydrogen-bond donors (Lipinski definition) is 3. The van der Waals surface area contributed by atoms with Crippen molar-refractivity contribution in [2.24, 2.45) is 11.1 Å². The normalized spacial score (nSPS) is 27.0. The van der Waals surface area contributed by atoms with Gasteiger partial charge in [-0.25, -0.2) is 4.79 Å². The number of hydrogen-bond acceptors (Lipinski definition) is 4. The molecule has 17 heavy (non-hydrogen) atoms. The molecule has 1 aliphatic carbocycles. The molecule has 1 aromatic carbocycles. The summed E-state index contributed by atoms with van der Waals surface area (Å²) in [6.45, 7) is 0. The number of aliphatic hydroxyl groups is 1. The highest BCUT2D eigenvalue weighted by Gasteiger charge is 2.47. The third kappa shape index (κ3) is 1.60. The first-order valence-electron chi connectivity index (χ1n) is 5.01. The summed E-state index contributed by atoms with van der Waals surface area (Å²) in [5.74, 6) is -2.28. The van der Waals surface area contributed by atoms with Gasteiger partial charge in [0, 0.05) is 5.56 Å². The maximum atomic E-state index is 11.3. The third-order valence-electron chi connectivity index (χ3n) is 2.89. The number of carbonyl (C=O) groups is 1. The highest BCUT2D eigenvalue weighted by Crippen LogP contribution is 2.37. The van der Waals surface area contributed by atoms with Gasteiger partial charge in [-0.15, -0.1) is 5.16 Å². The van der Waals surface area contributed by atoms with Gasteiger partial charge < -0.3 is 15.4 Å². The van der Waals surface area contributed by atoms with Crippen LogP contribution in [0.5, 0.6) is 0 Å². The van der Waals surface area contributed by atoms with Crippen LogP contribution in [-0.4, -0.2) is 27.6 Å². The molecule has 2 rings (SSSR count). The summed E-state index contributed by atoms with van der Waals surface area (Å²) in [6, 6.07) is 6.67. The fraction of sp³-hybridized carbons (Fsp3) is 0.167. The van der Waals surface area contributed by atoms with Crippen molar-refractivity contribution in [1.82, 2.24) is 0 Å². The lowest BCUT2D eigenvalue weighted by molar-refractivity contribution is -0.161. The Balaban J connectivity index is 2.63. The van der Waals surface area contributed by atoms with Gasteiger partial charge in [-0.1, -0.05) is 36.4 Å². The monoisotopic (exact) mass is 233 g/mol. The number of nitrogens with zero attached hydrogens (tertiary/aromatic N) is 1. The van der Waals surface area contributed by atoms with E-state index in [0.29, 0.717) is 11.1 Å². The van der Waals surface area contributed by atoms with Crippen molar-refractivity contribution >= 4 is 18.3 Å². The molecule has 0 saturated heterocycles. The van der Waals surface area contributed by atoms with Gasteiger partial charge in [0.25, 0.3) is 0 Å². The molecule has 5 heteroatoms. The Hall–Kier alpha value is -2.14. The van der Waals surface area contributed by atoms with Crippen LogP contribution < -0.4 is 0 Å². The fourth-order valence-corrected chi connectivity index (χ4v) is 2.00. The molecule has 0 amide bonds. The van der Waals surface area contributed by atoms with Crippen molar-refractivity contribution in [3.8, 4) is 0 Å². The van der Waals surface area contributed by atoms with Gasteiger partial charge in [0.05, 0.1) is 12.1 Å². The second-order valence-electron chi connectivity index (χ2n) is 3.81. The van der Waals surface area contributed by atoms with Crippen LogP contribution in [-0.2, 0) is 10.4 Å². The van der Waals surface area contributed by atoms with Gasteiger partial charge >= 0.3 is 5.97 Å². The molecule has 1 aliphatic rings. The molecule has 2 atom stereocenters. The minimum Gasteiger partial charge on any atom is -0.479 e. The number of rotatable bonds is 2. The standard InChI is InChI=1S/C12H11NO4/c14-11(15)12(16)9(7-13-17)6-5-8-3-1-2-4-10(8)12/h1-7,9,16-17H,(H,14,15). The molecular weight excluding hydrogens is 222 g/mol. The summed E-state index contributed by atoms with van der Waals surface area (Å²) >= 11 is 0. The first-order chi connectivity index (χ1) is 8.10. The zero-order valence-electron chi connectivity index (χ0n) is 8.82. The molecule has 0 fully saturated rings. The summed E-state index contributed by atoms with van der Waals surface area (Å²) in [7, 11) is 0. The van der Waals surface area contributed by atoms with Crippen LogP contribution >= 0.6 is 0 Å². The number of oxime groups is 1. The maximum Gasteiger partial charge on any atom is 0.341 e. The van der Waals surface area contributed by atoms with Crippen molar-refractivity contribution < 1.29 is 20.2 Å².